The molecule has 0 saturated heterocycles. The van der Waals surface area contributed by atoms with E-state index in [1.807, 2.05) is 0 Å². The molecule has 2 rings (SSSR count). The predicted octanol–water partition coefficient (Wildman–Crippen LogP) is 3.37. The van der Waals surface area contributed by atoms with Gasteiger partial charge in [0.25, 0.3) is 0 Å². The molecule has 1 fully saturated rings. The summed E-state index contributed by atoms with van der Waals surface area (Å²) in [6.45, 7) is 2.19. The van der Waals surface area contributed by atoms with Crippen molar-refractivity contribution in [1.82, 2.24) is 0 Å². The lowest BCUT2D eigenvalue weighted by Gasteiger charge is -2.32. The quantitative estimate of drug-likeness (QED) is 0.894. The van der Waals surface area contributed by atoms with Gasteiger partial charge in [0.15, 0.2) is 0 Å². The zero-order chi connectivity index (χ0) is 14.8. The SMILES string of the molecule is CCC1CCCCC1Nc1cc(S(N)(=O)=O)ccc1Cl. The number of benzene rings is 1. The maximum absolute atomic E-state index is 11.4. The minimum Gasteiger partial charge on any atom is -0.381 e. The van der Waals surface area contributed by atoms with Gasteiger partial charge in [-0.1, -0.05) is 37.8 Å². The van der Waals surface area contributed by atoms with Crippen LogP contribution in [0.5, 0.6) is 0 Å². The number of rotatable bonds is 4. The van der Waals surface area contributed by atoms with Crippen molar-refractivity contribution in [2.24, 2.45) is 11.1 Å². The number of primary sulfonamides is 1. The Bertz CT molecular complexity index is 575. The van der Waals surface area contributed by atoms with Crippen LogP contribution in [-0.2, 0) is 10.0 Å². The van der Waals surface area contributed by atoms with Gasteiger partial charge in [0.05, 0.1) is 15.6 Å². The summed E-state index contributed by atoms with van der Waals surface area (Å²) in [6, 6.07) is 4.88. The lowest BCUT2D eigenvalue weighted by Crippen LogP contribution is -2.32. The largest absolute Gasteiger partial charge is 0.381 e. The first-order valence-electron chi connectivity index (χ1n) is 7.00. The molecular weight excluding hydrogens is 296 g/mol. The molecule has 0 aromatic heterocycles. The van der Waals surface area contributed by atoms with E-state index in [0.29, 0.717) is 22.7 Å². The molecule has 1 saturated carbocycles. The van der Waals surface area contributed by atoms with Crippen molar-refractivity contribution < 1.29 is 8.42 Å². The Balaban J connectivity index is 2.24. The fourth-order valence-corrected chi connectivity index (χ4v) is 3.59. The summed E-state index contributed by atoms with van der Waals surface area (Å²) in [5, 5.41) is 9.10. The molecule has 20 heavy (non-hydrogen) atoms. The average molecular weight is 317 g/mol. The molecule has 4 nitrogen and oxygen atoms in total. The van der Waals surface area contributed by atoms with Crippen LogP contribution in [0.2, 0.25) is 5.02 Å². The standard InChI is InChI=1S/C14H21ClN2O2S/c1-2-10-5-3-4-6-13(10)17-14-9-11(20(16,18)19)7-8-12(14)15/h7-10,13,17H,2-6H2,1H3,(H2,16,18,19). The van der Waals surface area contributed by atoms with Crippen molar-refractivity contribution in [3.63, 3.8) is 0 Å². The summed E-state index contributed by atoms with van der Waals surface area (Å²) in [4.78, 5) is 0.0910. The Labute approximate surface area is 125 Å². The summed E-state index contributed by atoms with van der Waals surface area (Å²) < 4.78 is 22.8. The second-order valence-corrected chi connectivity index (χ2v) is 7.36. The van der Waals surface area contributed by atoms with Crippen LogP contribution >= 0.6 is 11.6 Å². The summed E-state index contributed by atoms with van der Waals surface area (Å²) >= 11 is 6.16. The minimum atomic E-state index is -3.70. The zero-order valence-electron chi connectivity index (χ0n) is 11.6. The van der Waals surface area contributed by atoms with Crippen LogP contribution in [0.15, 0.2) is 23.1 Å². The molecule has 0 aliphatic heterocycles. The van der Waals surface area contributed by atoms with Crippen molar-refractivity contribution in [2.45, 2.75) is 50.0 Å². The van der Waals surface area contributed by atoms with E-state index in [4.69, 9.17) is 16.7 Å². The van der Waals surface area contributed by atoms with Crippen LogP contribution in [0.4, 0.5) is 5.69 Å². The third kappa shape index (κ3) is 3.65. The molecule has 1 aromatic carbocycles. The van der Waals surface area contributed by atoms with Gasteiger partial charge in [-0.2, -0.15) is 0 Å². The maximum Gasteiger partial charge on any atom is 0.238 e. The molecule has 6 heteroatoms. The lowest BCUT2D eigenvalue weighted by atomic mass is 9.83. The zero-order valence-corrected chi connectivity index (χ0v) is 13.2. The first kappa shape index (κ1) is 15.6. The van der Waals surface area contributed by atoms with Crippen molar-refractivity contribution in [2.75, 3.05) is 5.32 Å². The van der Waals surface area contributed by atoms with E-state index >= 15 is 0 Å². The van der Waals surface area contributed by atoms with E-state index in [1.54, 1.807) is 6.07 Å². The Hall–Kier alpha value is -0.780. The van der Waals surface area contributed by atoms with Crippen molar-refractivity contribution in [1.29, 1.82) is 0 Å². The highest BCUT2D eigenvalue weighted by atomic mass is 35.5. The van der Waals surface area contributed by atoms with Crippen LogP contribution in [0.25, 0.3) is 0 Å². The molecule has 0 bridgehead atoms. The van der Waals surface area contributed by atoms with Gasteiger partial charge in [0.1, 0.15) is 0 Å². The topological polar surface area (TPSA) is 72.2 Å². The van der Waals surface area contributed by atoms with Gasteiger partial charge >= 0.3 is 0 Å². The third-order valence-electron chi connectivity index (χ3n) is 4.04. The second kappa shape index (κ2) is 6.33. The van der Waals surface area contributed by atoms with Crippen LogP contribution in [0.1, 0.15) is 39.0 Å². The third-order valence-corrected chi connectivity index (χ3v) is 5.28. The fraction of sp³-hybridized carbons (Fsp3) is 0.571. The maximum atomic E-state index is 11.4. The average Bonchev–Trinajstić information content (AvgIpc) is 2.40. The van der Waals surface area contributed by atoms with Gasteiger partial charge in [0.2, 0.25) is 10.0 Å². The van der Waals surface area contributed by atoms with E-state index in [9.17, 15) is 8.42 Å². The summed E-state index contributed by atoms with van der Waals surface area (Å²) in [5.74, 6) is 0.609. The lowest BCUT2D eigenvalue weighted by molar-refractivity contribution is 0.317. The highest BCUT2D eigenvalue weighted by molar-refractivity contribution is 7.89. The van der Waals surface area contributed by atoms with E-state index in [1.165, 1.54) is 31.4 Å². The van der Waals surface area contributed by atoms with Crippen LogP contribution in [0, 0.1) is 5.92 Å². The number of anilines is 1. The molecule has 112 valence electrons. The number of nitrogens with one attached hydrogen (secondary N) is 1. The first-order chi connectivity index (χ1) is 9.41. The predicted molar refractivity (Wildman–Crippen MR) is 82.5 cm³/mol. The van der Waals surface area contributed by atoms with Crippen molar-refractivity contribution in [3.05, 3.63) is 23.2 Å². The van der Waals surface area contributed by atoms with Crippen LogP contribution in [0.3, 0.4) is 0 Å². The Morgan fingerprint density at radius 3 is 2.70 bits per heavy atom. The summed E-state index contributed by atoms with van der Waals surface area (Å²) in [6.07, 6.45) is 5.88. The molecule has 0 heterocycles. The van der Waals surface area contributed by atoms with Gasteiger partial charge in [0, 0.05) is 6.04 Å². The number of sulfonamides is 1. The number of hydrogen-bond acceptors (Lipinski definition) is 3. The first-order valence-corrected chi connectivity index (χ1v) is 8.93. The molecule has 3 N–H and O–H groups in total. The molecular formula is C14H21ClN2O2S. The van der Waals surface area contributed by atoms with E-state index in [-0.39, 0.29) is 4.90 Å². The Morgan fingerprint density at radius 2 is 2.05 bits per heavy atom. The second-order valence-electron chi connectivity index (χ2n) is 5.39. The van der Waals surface area contributed by atoms with Crippen LogP contribution < -0.4 is 10.5 Å². The van der Waals surface area contributed by atoms with E-state index in [2.05, 4.69) is 12.2 Å². The number of hydrogen-bond donors (Lipinski definition) is 2. The monoisotopic (exact) mass is 316 g/mol. The molecule has 0 amide bonds. The van der Waals surface area contributed by atoms with E-state index in [0.717, 1.165) is 12.8 Å². The molecule has 1 aromatic rings. The number of nitrogens with two attached hydrogens (primary N) is 1. The van der Waals surface area contributed by atoms with Crippen LogP contribution in [-0.4, -0.2) is 14.5 Å². The Morgan fingerprint density at radius 1 is 1.35 bits per heavy atom. The fourth-order valence-electron chi connectivity index (χ4n) is 2.88. The van der Waals surface area contributed by atoms with Gasteiger partial charge in [-0.05, 0) is 37.0 Å². The molecule has 1 aliphatic rings. The molecule has 2 unspecified atom stereocenters. The normalized spacial score (nSPS) is 23.6. The highest BCUT2D eigenvalue weighted by Gasteiger charge is 2.24. The smallest absolute Gasteiger partial charge is 0.238 e. The molecule has 1 aliphatic carbocycles. The van der Waals surface area contributed by atoms with Gasteiger partial charge in [-0.25, -0.2) is 13.6 Å². The van der Waals surface area contributed by atoms with Crippen molar-refractivity contribution >= 4 is 27.3 Å². The Kier molecular flexibility index (Phi) is 4.94. The van der Waals surface area contributed by atoms with Gasteiger partial charge in [-0.15, -0.1) is 0 Å². The molecule has 0 spiro atoms. The summed E-state index contributed by atoms with van der Waals surface area (Å²) in [7, 11) is -3.70. The minimum absolute atomic E-state index is 0.0910. The van der Waals surface area contributed by atoms with Crippen molar-refractivity contribution in [3.8, 4) is 0 Å². The summed E-state index contributed by atoms with van der Waals surface area (Å²) in [5.41, 5.74) is 0.656. The molecule has 0 radical (unpaired) electrons. The molecule has 2 atom stereocenters. The highest BCUT2D eigenvalue weighted by Crippen LogP contribution is 2.32. The van der Waals surface area contributed by atoms with Gasteiger partial charge in [-0.3, -0.25) is 0 Å². The van der Waals surface area contributed by atoms with E-state index < -0.39 is 10.0 Å². The number of halogens is 1. The van der Waals surface area contributed by atoms with Gasteiger partial charge < -0.3 is 5.32 Å².